The molecule has 1 saturated carbocycles. The van der Waals surface area contributed by atoms with Crippen molar-refractivity contribution in [2.45, 2.75) is 18.9 Å². The van der Waals surface area contributed by atoms with E-state index in [0.717, 1.165) is 6.42 Å². The van der Waals surface area contributed by atoms with Gasteiger partial charge in [-0.05, 0) is 36.0 Å². The van der Waals surface area contributed by atoms with Crippen LogP contribution in [0.1, 0.15) is 24.4 Å². The number of para-hydroxylation sites is 1. The summed E-state index contributed by atoms with van der Waals surface area (Å²) in [6, 6.07) is 13.8. The molecule has 0 radical (unpaired) electrons. The number of carbonyl (C=O) groups is 3. The standard InChI is InChI=1S/C24H21N3O5/c28-20(25-17-6-2-1-3-7-17)13-19(14-5-4-8-18(12-14)27(31)32)26-23(29)21-15-9-10-16(11-15)22(21)24(26)30/h1-10,12,15-16,19,21-22H,11,13H2,(H,25,28). The molecular formula is C24H21N3O5. The van der Waals surface area contributed by atoms with Crippen LogP contribution >= 0.6 is 0 Å². The lowest BCUT2D eigenvalue weighted by molar-refractivity contribution is -0.385. The highest BCUT2D eigenvalue weighted by Crippen LogP contribution is 2.54. The summed E-state index contributed by atoms with van der Waals surface area (Å²) in [5, 5.41) is 14.1. The maximum absolute atomic E-state index is 13.4. The van der Waals surface area contributed by atoms with Crippen molar-refractivity contribution >= 4 is 29.1 Å². The number of fused-ring (bicyclic) bond motifs is 5. The van der Waals surface area contributed by atoms with Crippen molar-refractivity contribution in [1.82, 2.24) is 4.90 Å². The molecule has 0 spiro atoms. The Labute approximate surface area is 184 Å². The Balaban J connectivity index is 1.48. The maximum Gasteiger partial charge on any atom is 0.269 e. The molecule has 8 heteroatoms. The molecule has 1 saturated heterocycles. The summed E-state index contributed by atoms with van der Waals surface area (Å²) in [7, 11) is 0. The third-order valence-electron chi connectivity index (χ3n) is 6.72. The van der Waals surface area contributed by atoms with Gasteiger partial charge in [-0.15, -0.1) is 0 Å². The van der Waals surface area contributed by atoms with Crippen molar-refractivity contribution in [1.29, 1.82) is 0 Å². The van der Waals surface area contributed by atoms with E-state index in [1.165, 1.54) is 23.1 Å². The highest BCUT2D eigenvalue weighted by Gasteiger charge is 2.60. The summed E-state index contributed by atoms with van der Waals surface area (Å²) < 4.78 is 0. The third-order valence-corrected chi connectivity index (χ3v) is 6.72. The Kier molecular flexibility index (Phi) is 4.84. The van der Waals surface area contributed by atoms with Crippen LogP contribution in [-0.4, -0.2) is 27.5 Å². The first-order chi connectivity index (χ1) is 15.4. The molecule has 5 unspecified atom stereocenters. The molecule has 162 valence electrons. The number of benzene rings is 2. The first-order valence-corrected chi connectivity index (χ1v) is 10.6. The van der Waals surface area contributed by atoms with E-state index in [1.807, 2.05) is 18.2 Å². The van der Waals surface area contributed by atoms with E-state index in [-0.39, 0.29) is 41.7 Å². The van der Waals surface area contributed by atoms with Crippen LogP contribution in [0.2, 0.25) is 0 Å². The van der Waals surface area contributed by atoms with Crippen LogP contribution in [-0.2, 0) is 14.4 Å². The molecule has 8 nitrogen and oxygen atoms in total. The Hall–Kier alpha value is -3.81. The number of amides is 3. The van der Waals surface area contributed by atoms with E-state index >= 15 is 0 Å². The number of nitrogens with one attached hydrogen (secondary N) is 1. The summed E-state index contributed by atoms with van der Waals surface area (Å²) in [5.74, 6) is -1.70. The largest absolute Gasteiger partial charge is 0.326 e. The topological polar surface area (TPSA) is 110 Å². The number of nitro groups is 1. The van der Waals surface area contributed by atoms with Gasteiger partial charge in [0, 0.05) is 17.8 Å². The average molecular weight is 431 g/mol. The Morgan fingerprint density at radius 3 is 2.31 bits per heavy atom. The normalized spacial score (nSPS) is 26.3. The highest BCUT2D eigenvalue weighted by atomic mass is 16.6. The number of hydrogen-bond donors (Lipinski definition) is 1. The summed E-state index contributed by atoms with van der Waals surface area (Å²) in [6.07, 6.45) is 4.63. The van der Waals surface area contributed by atoms with Gasteiger partial charge in [0.05, 0.1) is 29.2 Å². The minimum atomic E-state index is -0.913. The van der Waals surface area contributed by atoms with Gasteiger partial charge in [0.2, 0.25) is 17.7 Å². The fourth-order valence-electron chi connectivity index (χ4n) is 5.35. The molecule has 2 bridgehead atoms. The summed E-state index contributed by atoms with van der Waals surface area (Å²) in [4.78, 5) is 51.6. The molecule has 2 aromatic carbocycles. The molecule has 1 N–H and O–H groups in total. The number of imide groups is 1. The van der Waals surface area contributed by atoms with Gasteiger partial charge in [-0.1, -0.05) is 42.5 Å². The first-order valence-electron chi connectivity index (χ1n) is 10.6. The molecule has 1 heterocycles. The first kappa shape index (κ1) is 20.1. The van der Waals surface area contributed by atoms with Crippen LogP contribution in [0, 0.1) is 33.8 Å². The lowest BCUT2D eigenvalue weighted by Crippen LogP contribution is -2.38. The molecule has 3 amide bonds. The van der Waals surface area contributed by atoms with Crippen molar-refractivity contribution in [2.24, 2.45) is 23.7 Å². The number of allylic oxidation sites excluding steroid dienone is 2. The molecule has 2 aromatic rings. The van der Waals surface area contributed by atoms with Crippen molar-refractivity contribution in [3.05, 3.63) is 82.4 Å². The van der Waals surface area contributed by atoms with Crippen LogP contribution in [0.5, 0.6) is 0 Å². The smallest absolute Gasteiger partial charge is 0.269 e. The van der Waals surface area contributed by atoms with E-state index < -0.39 is 22.8 Å². The summed E-state index contributed by atoms with van der Waals surface area (Å²) in [6.45, 7) is 0. The van der Waals surface area contributed by atoms with Crippen molar-refractivity contribution < 1.29 is 19.3 Å². The number of rotatable bonds is 6. The van der Waals surface area contributed by atoms with Gasteiger partial charge in [-0.3, -0.25) is 29.4 Å². The number of likely N-dealkylation sites (tertiary alicyclic amines) is 1. The van der Waals surface area contributed by atoms with Crippen molar-refractivity contribution in [3.8, 4) is 0 Å². The zero-order chi connectivity index (χ0) is 22.4. The molecule has 5 atom stereocenters. The van der Waals surface area contributed by atoms with Gasteiger partial charge in [0.1, 0.15) is 0 Å². The Morgan fingerprint density at radius 1 is 1.03 bits per heavy atom. The molecular weight excluding hydrogens is 410 g/mol. The third kappa shape index (κ3) is 3.28. The van der Waals surface area contributed by atoms with E-state index in [1.54, 1.807) is 30.3 Å². The molecule has 2 fully saturated rings. The number of non-ortho nitro benzene ring substituents is 1. The maximum atomic E-state index is 13.4. The SMILES string of the molecule is O=C(CC(c1cccc([N+](=O)[O-])c1)N1C(=O)C2C3C=CC(C3)C2C1=O)Nc1ccccc1. The van der Waals surface area contributed by atoms with Crippen LogP contribution < -0.4 is 5.32 Å². The second-order valence-electron chi connectivity index (χ2n) is 8.53. The zero-order valence-electron chi connectivity index (χ0n) is 17.1. The van der Waals surface area contributed by atoms with Crippen molar-refractivity contribution in [2.75, 3.05) is 5.32 Å². The summed E-state index contributed by atoms with van der Waals surface area (Å²) >= 11 is 0. The molecule has 32 heavy (non-hydrogen) atoms. The zero-order valence-corrected chi connectivity index (χ0v) is 17.1. The van der Waals surface area contributed by atoms with Crippen LogP contribution in [0.25, 0.3) is 0 Å². The monoisotopic (exact) mass is 431 g/mol. The number of nitro benzene ring substituents is 1. The molecule has 3 aliphatic rings. The second-order valence-corrected chi connectivity index (χ2v) is 8.53. The molecule has 0 aromatic heterocycles. The number of hydrogen-bond acceptors (Lipinski definition) is 5. The Bertz CT molecular complexity index is 1120. The van der Waals surface area contributed by atoms with E-state index in [9.17, 15) is 24.5 Å². The number of carbonyl (C=O) groups excluding carboxylic acids is 3. The predicted molar refractivity (Wildman–Crippen MR) is 115 cm³/mol. The van der Waals surface area contributed by atoms with Crippen molar-refractivity contribution in [3.63, 3.8) is 0 Å². The minimum absolute atomic E-state index is 0.0374. The predicted octanol–water partition coefficient (Wildman–Crippen LogP) is 3.47. The highest BCUT2D eigenvalue weighted by molar-refractivity contribution is 6.07. The molecule has 2 aliphatic carbocycles. The number of nitrogens with zero attached hydrogens (tertiary/aromatic N) is 2. The van der Waals surface area contributed by atoms with Gasteiger partial charge in [0.25, 0.3) is 5.69 Å². The van der Waals surface area contributed by atoms with Gasteiger partial charge < -0.3 is 5.32 Å². The fourth-order valence-corrected chi connectivity index (χ4v) is 5.35. The van der Waals surface area contributed by atoms with Crippen LogP contribution in [0.3, 0.4) is 0 Å². The quantitative estimate of drug-likeness (QED) is 0.326. The van der Waals surface area contributed by atoms with Gasteiger partial charge in [-0.2, -0.15) is 0 Å². The Morgan fingerprint density at radius 2 is 1.69 bits per heavy atom. The van der Waals surface area contributed by atoms with Gasteiger partial charge in [0.15, 0.2) is 0 Å². The van der Waals surface area contributed by atoms with Crippen LogP contribution in [0.15, 0.2) is 66.7 Å². The van der Waals surface area contributed by atoms with E-state index in [0.29, 0.717) is 11.3 Å². The fraction of sp³-hybridized carbons (Fsp3) is 0.292. The van der Waals surface area contributed by atoms with E-state index in [4.69, 9.17) is 0 Å². The van der Waals surface area contributed by atoms with Crippen LogP contribution in [0.4, 0.5) is 11.4 Å². The summed E-state index contributed by atoms with van der Waals surface area (Å²) in [5.41, 5.74) is 0.829. The average Bonchev–Trinajstić information content (AvgIpc) is 3.47. The van der Waals surface area contributed by atoms with Gasteiger partial charge >= 0.3 is 0 Å². The molecule has 1 aliphatic heterocycles. The molecule has 5 rings (SSSR count). The second kappa shape index (κ2) is 7.71. The van der Waals surface area contributed by atoms with Gasteiger partial charge in [-0.25, -0.2) is 0 Å². The lowest BCUT2D eigenvalue weighted by atomic mass is 9.85. The van der Waals surface area contributed by atoms with E-state index in [2.05, 4.69) is 5.32 Å². The number of anilines is 1. The minimum Gasteiger partial charge on any atom is -0.326 e. The lowest BCUT2D eigenvalue weighted by Gasteiger charge is -2.28.